The number of rotatable bonds is 4. The first-order chi connectivity index (χ1) is 12.7. The Labute approximate surface area is 156 Å². The maximum absolute atomic E-state index is 9.28. The molecule has 2 aromatic rings. The van der Waals surface area contributed by atoms with Gasteiger partial charge in [0.2, 0.25) is 0 Å². The standard InChI is InChI=1S/C24H25NO/c1-2-26-22-12-13-24(16-18-6-4-3-5-7-18)21(15-22)10-9-20-14-19(17-25)8-11-23(20)24/h3-8,10-11,14,22H,2,9,12-13,15-16H2,1H3/t22?,24-/m0/s1. The number of hydrogen-bond donors (Lipinski definition) is 0. The molecule has 2 aromatic carbocycles. The monoisotopic (exact) mass is 343 g/mol. The second kappa shape index (κ2) is 7.09. The van der Waals surface area contributed by atoms with E-state index in [1.54, 1.807) is 0 Å². The molecule has 0 aliphatic heterocycles. The summed E-state index contributed by atoms with van der Waals surface area (Å²) in [5.41, 5.74) is 6.47. The van der Waals surface area contributed by atoms with Crippen molar-refractivity contribution in [2.24, 2.45) is 0 Å². The van der Waals surface area contributed by atoms with Crippen LogP contribution in [-0.4, -0.2) is 12.7 Å². The quantitative estimate of drug-likeness (QED) is 0.723. The van der Waals surface area contributed by atoms with Gasteiger partial charge in [0.15, 0.2) is 0 Å². The van der Waals surface area contributed by atoms with Crippen molar-refractivity contribution in [3.63, 3.8) is 0 Å². The fraction of sp³-hybridized carbons (Fsp3) is 0.375. The Balaban J connectivity index is 1.78. The maximum Gasteiger partial charge on any atom is 0.0991 e. The van der Waals surface area contributed by atoms with Crippen molar-refractivity contribution in [1.29, 1.82) is 5.26 Å². The van der Waals surface area contributed by atoms with Crippen molar-refractivity contribution in [2.75, 3.05) is 6.61 Å². The highest BCUT2D eigenvalue weighted by Gasteiger charge is 2.43. The second-order valence-electron chi connectivity index (χ2n) is 7.48. The first-order valence-electron chi connectivity index (χ1n) is 9.63. The van der Waals surface area contributed by atoms with Gasteiger partial charge in [-0.3, -0.25) is 0 Å². The summed E-state index contributed by atoms with van der Waals surface area (Å²) in [6, 6.07) is 19.4. The molecular formula is C24H25NO. The minimum atomic E-state index is 0.0521. The van der Waals surface area contributed by atoms with Crippen LogP contribution in [-0.2, 0) is 23.0 Å². The van der Waals surface area contributed by atoms with Crippen LogP contribution < -0.4 is 0 Å². The molecule has 4 rings (SSSR count). The Morgan fingerprint density at radius 1 is 1.19 bits per heavy atom. The van der Waals surface area contributed by atoms with Crippen LogP contribution in [0.15, 0.2) is 60.2 Å². The largest absolute Gasteiger partial charge is 0.378 e. The number of nitrogens with zero attached hydrogens (tertiary/aromatic N) is 1. The van der Waals surface area contributed by atoms with Crippen molar-refractivity contribution in [2.45, 2.75) is 50.5 Å². The van der Waals surface area contributed by atoms with Gasteiger partial charge in [-0.1, -0.05) is 48.0 Å². The normalized spacial score (nSPS) is 24.2. The first kappa shape index (κ1) is 17.1. The molecule has 0 amide bonds. The summed E-state index contributed by atoms with van der Waals surface area (Å²) in [5.74, 6) is 0. The van der Waals surface area contributed by atoms with Gasteiger partial charge in [0.1, 0.15) is 0 Å². The first-order valence-corrected chi connectivity index (χ1v) is 9.63. The average molecular weight is 343 g/mol. The molecule has 2 atom stereocenters. The minimum absolute atomic E-state index is 0.0521. The highest BCUT2D eigenvalue weighted by atomic mass is 16.5. The lowest BCUT2D eigenvalue weighted by atomic mass is 9.59. The number of ether oxygens (including phenoxy) is 1. The second-order valence-corrected chi connectivity index (χ2v) is 7.48. The van der Waals surface area contributed by atoms with E-state index in [1.165, 1.54) is 22.3 Å². The lowest BCUT2D eigenvalue weighted by Gasteiger charge is -2.46. The predicted molar refractivity (Wildman–Crippen MR) is 104 cm³/mol. The summed E-state index contributed by atoms with van der Waals surface area (Å²) < 4.78 is 5.97. The van der Waals surface area contributed by atoms with E-state index in [2.05, 4.69) is 61.5 Å². The molecule has 26 heavy (non-hydrogen) atoms. The third-order valence-corrected chi connectivity index (χ3v) is 6.02. The molecule has 2 aliphatic carbocycles. The van der Waals surface area contributed by atoms with Crippen molar-refractivity contribution in [1.82, 2.24) is 0 Å². The van der Waals surface area contributed by atoms with Gasteiger partial charge in [-0.15, -0.1) is 0 Å². The van der Waals surface area contributed by atoms with Crippen molar-refractivity contribution < 1.29 is 4.74 Å². The van der Waals surface area contributed by atoms with E-state index in [0.717, 1.165) is 44.3 Å². The molecule has 1 fully saturated rings. The number of allylic oxidation sites excluding steroid dienone is 1. The highest BCUT2D eigenvalue weighted by Crippen LogP contribution is 2.50. The summed E-state index contributed by atoms with van der Waals surface area (Å²) in [7, 11) is 0. The van der Waals surface area contributed by atoms with Crippen LogP contribution in [0.4, 0.5) is 0 Å². The Morgan fingerprint density at radius 2 is 2.04 bits per heavy atom. The highest BCUT2D eigenvalue weighted by molar-refractivity contribution is 5.52. The topological polar surface area (TPSA) is 33.0 Å². The van der Waals surface area contributed by atoms with Crippen LogP contribution in [0.1, 0.15) is 48.4 Å². The molecule has 1 saturated carbocycles. The van der Waals surface area contributed by atoms with Crippen LogP contribution in [0.25, 0.3) is 0 Å². The summed E-state index contributed by atoms with van der Waals surface area (Å²) in [6.07, 6.45) is 7.94. The summed E-state index contributed by atoms with van der Waals surface area (Å²) in [6.45, 7) is 2.87. The van der Waals surface area contributed by atoms with E-state index < -0.39 is 0 Å². The van der Waals surface area contributed by atoms with Crippen LogP contribution >= 0.6 is 0 Å². The third-order valence-electron chi connectivity index (χ3n) is 6.02. The number of benzene rings is 2. The Morgan fingerprint density at radius 3 is 2.81 bits per heavy atom. The van der Waals surface area contributed by atoms with Crippen molar-refractivity contribution in [3.8, 4) is 6.07 Å². The molecule has 0 saturated heterocycles. The van der Waals surface area contributed by atoms with Gasteiger partial charge < -0.3 is 4.74 Å². The summed E-state index contributed by atoms with van der Waals surface area (Å²) in [4.78, 5) is 0. The molecule has 2 nitrogen and oxygen atoms in total. The van der Waals surface area contributed by atoms with Gasteiger partial charge in [0.25, 0.3) is 0 Å². The molecule has 0 heterocycles. The van der Waals surface area contributed by atoms with Crippen LogP contribution in [0.3, 0.4) is 0 Å². The number of nitriles is 1. The molecule has 2 aliphatic rings. The van der Waals surface area contributed by atoms with Crippen LogP contribution in [0, 0.1) is 11.3 Å². The SMILES string of the molecule is CCOC1CC[C@]2(Cc3ccccc3)C(=CCc3cc(C#N)ccc32)C1. The van der Waals surface area contributed by atoms with E-state index >= 15 is 0 Å². The zero-order valence-corrected chi connectivity index (χ0v) is 15.4. The number of hydrogen-bond acceptors (Lipinski definition) is 2. The van der Waals surface area contributed by atoms with Gasteiger partial charge in [-0.05, 0) is 67.9 Å². The lowest BCUT2D eigenvalue weighted by molar-refractivity contribution is 0.0369. The molecule has 0 spiro atoms. The van der Waals surface area contributed by atoms with Gasteiger partial charge in [-0.2, -0.15) is 5.26 Å². The van der Waals surface area contributed by atoms with Crippen molar-refractivity contribution in [3.05, 3.63) is 82.4 Å². The zero-order chi connectivity index (χ0) is 18.0. The molecular weight excluding hydrogens is 318 g/mol. The Hall–Kier alpha value is -2.37. The molecule has 132 valence electrons. The van der Waals surface area contributed by atoms with Crippen LogP contribution in [0.5, 0.6) is 0 Å². The van der Waals surface area contributed by atoms with E-state index in [0.29, 0.717) is 6.10 Å². The van der Waals surface area contributed by atoms with Gasteiger partial charge in [0, 0.05) is 12.0 Å². The van der Waals surface area contributed by atoms with Crippen LogP contribution in [0.2, 0.25) is 0 Å². The van der Waals surface area contributed by atoms with Gasteiger partial charge in [0.05, 0.1) is 17.7 Å². The summed E-state index contributed by atoms with van der Waals surface area (Å²) >= 11 is 0. The third kappa shape index (κ3) is 2.97. The fourth-order valence-electron chi connectivity index (χ4n) is 4.85. The smallest absolute Gasteiger partial charge is 0.0991 e. The number of fused-ring (bicyclic) bond motifs is 3. The maximum atomic E-state index is 9.28. The van der Waals surface area contributed by atoms with E-state index in [9.17, 15) is 5.26 Å². The Kier molecular flexibility index (Phi) is 4.66. The van der Waals surface area contributed by atoms with Crippen molar-refractivity contribution >= 4 is 0 Å². The molecule has 2 heteroatoms. The Bertz CT molecular complexity index is 862. The molecule has 1 unspecified atom stereocenters. The lowest BCUT2D eigenvalue weighted by Crippen LogP contribution is -2.41. The molecule has 0 aromatic heterocycles. The molecule has 0 bridgehead atoms. The van der Waals surface area contributed by atoms with E-state index in [1.807, 2.05) is 6.07 Å². The van der Waals surface area contributed by atoms with E-state index in [-0.39, 0.29) is 5.41 Å². The minimum Gasteiger partial charge on any atom is -0.378 e. The molecule has 0 radical (unpaired) electrons. The van der Waals surface area contributed by atoms with Gasteiger partial charge >= 0.3 is 0 Å². The zero-order valence-electron chi connectivity index (χ0n) is 15.4. The fourth-order valence-corrected chi connectivity index (χ4v) is 4.85. The predicted octanol–water partition coefficient (Wildman–Crippen LogP) is 5.11. The van der Waals surface area contributed by atoms with E-state index in [4.69, 9.17) is 4.74 Å². The summed E-state index contributed by atoms with van der Waals surface area (Å²) in [5, 5.41) is 9.28. The van der Waals surface area contributed by atoms with Gasteiger partial charge in [-0.25, -0.2) is 0 Å². The average Bonchev–Trinajstić information content (AvgIpc) is 2.69. The molecule has 0 N–H and O–H groups in total.